The fraction of sp³-hybridized carbons (Fsp3) is 0.833. The molecule has 1 amide bonds. The zero-order valence-corrected chi connectivity index (χ0v) is 10.6. The summed E-state index contributed by atoms with van der Waals surface area (Å²) in [5.74, 6) is -0.577. The molecule has 0 unspecified atom stereocenters. The molecule has 0 heterocycles. The van der Waals surface area contributed by atoms with Crippen molar-refractivity contribution in [2.75, 3.05) is 20.3 Å². The molecule has 5 heteroatoms. The van der Waals surface area contributed by atoms with Crippen LogP contribution in [0.4, 0.5) is 0 Å². The summed E-state index contributed by atoms with van der Waals surface area (Å²) in [5, 5.41) is 2.78. The zero-order valence-electron chi connectivity index (χ0n) is 10.6. The standard InChI is InChI=1S/C12H21NO4/c1-3-17-11(15)12(7-5-4-6-8-12)13-10(14)9-16-2/h3-9H2,1-2H3,(H,13,14). The minimum absolute atomic E-state index is 0.0266. The maximum absolute atomic E-state index is 12.0. The third-order valence-corrected chi connectivity index (χ3v) is 3.03. The molecule has 0 aromatic carbocycles. The summed E-state index contributed by atoms with van der Waals surface area (Å²) in [6, 6.07) is 0. The van der Waals surface area contributed by atoms with E-state index in [-0.39, 0.29) is 18.5 Å². The summed E-state index contributed by atoms with van der Waals surface area (Å²) >= 11 is 0. The van der Waals surface area contributed by atoms with Crippen molar-refractivity contribution in [3.8, 4) is 0 Å². The Labute approximate surface area is 102 Å². The van der Waals surface area contributed by atoms with Gasteiger partial charge in [-0.15, -0.1) is 0 Å². The third kappa shape index (κ3) is 3.70. The first-order valence-electron chi connectivity index (χ1n) is 6.12. The number of esters is 1. The molecule has 1 saturated carbocycles. The van der Waals surface area contributed by atoms with Crippen molar-refractivity contribution in [3.63, 3.8) is 0 Å². The summed E-state index contributed by atoms with van der Waals surface area (Å²) in [5.41, 5.74) is -0.829. The van der Waals surface area contributed by atoms with Crippen LogP contribution in [0.5, 0.6) is 0 Å². The number of nitrogens with one attached hydrogen (secondary N) is 1. The Morgan fingerprint density at radius 2 is 1.88 bits per heavy atom. The molecule has 0 aromatic rings. The summed E-state index contributed by atoms with van der Waals surface area (Å²) in [7, 11) is 1.46. The minimum Gasteiger partial charge on any atom is -0.464 e. The predicted molar refractivity (Wildman–Crippen MR) is 62.5 cm³/mol. The number of carbonyl (C=O) groups excluding carboxylic acids is 2. The van der Waals surface area contributed by atoms with Crippen LogP contribution in [0.2, 0.25) is 0 Å². The van der Waals surface area contributed by atoms with Crippen LogP contribution in [-0.2, 0) is 19.1 Å². The van der Waals surface area contributed by atoms with E-state index in [0.717, 1.165) is 19.3 Å². The molecule has 0 aliphatic heterocycles. The highest BCUT2D eigenvalue weighted by Crippen LogP contribution is 2.29. The van der Waals surface area contributed by atoms with Crippen LogP contribution in [0.3, 0.4) is 0 Å². The van der Waals surface area contributed by atoms with E-state index >= 15 is 0 Å². The first kappa shape index (κ1) is 14.0. The van der Waals surface area contributed by atoms with Crippen LogP contribution in [0, 0.1) is 0 Å². The van der Waals surface area contributed by atoms with Gasteiger partial charge in [0.1, 0.15) is 12.1 Å². The van der Waals surface area contributed by atoms with Crippen LogP contribution < -0.4 is 5.32 Å². The van der Waals surface area contributed by atoms with Crippen molar-refractivity contribution >= 4 is 11.9 Å². The highest BCUT2D eigenvalue weighted by atomic mass is 16.5. The Kier molecular flexibility index (Phi) is 5.41. The molecule has 17 heavy (non-hydrogen) atoms. The Morgan fingerprint density at radius 1 is 1.24 bits per heavy atom. The average molecular weight is 243 g/mol. The minimum atomic E-state index is -0.829. The van der Waals surface area contributed by atoms with E-state index in [1.54, 1.807) is 6.92 Å². The maximum atomic E-state index is 12.0. The van der Waals surface area contributed by atoms with E-state index in [1.807, 2.05) is 0 Å². The van der Waals surface area contributed by atoms with Gasteiger partial charge in [0.25, 0.3) is 0 Å². The molecule has 0 aromatic heterocycles. The Balaban J connectivity index is 2.70. The SMILES string of the molecule is CCOC(=O)C1(NC(=O)COC)CCCCC1. The molecule has 1 fully saturated rings. The van der Waals surface area contributed by atoms with Gasteiger partial charge >= 0.3 is 5.97 Å². The molecule has 1 aliphatic carbocycles. The van der Waals surface area contributed by atoms with E-state index < -0.39 is 5.54 Å². The smallest absolute Gasteiger partial charge is 0.331 e. The molecule has 0 atom stereocenters. The van der Waals surface area contributed by atoms with Gasteiger partial charge in [0.15, 0.2) is 0 Å². The molecular weight excluding hydrogens is 222 g/mol. The van der Waals surface area contributed by atoms with E-state index in [4.69, 9.17) is 9.47 Å². The molecule has 98 valence electrons. The van der Waals surface area contributed by atoms with Crippen molar-refractivity contribution in [2.45, 2.75) is 44.6 Å². The number of rotatable bonds is 5. The second kappa shape index (κ2) is 6.59. The molecule has 1 aliphatic rings. The van der Waals surface area contributed by atoms with Crippen LogP contribution in [0.1, 0.15) is 39.0 Å². The summed E-state index contributed by atoms with van der Waals surface area (Å²) in [4.78, 5) is 23.6. The van der Waals surface area contributed by atoms with E-state index in [1.165, 1.54) is 7.11 Å². The van der Waals surface area contributed by atoms with Gasteiger partial charge in [-0.05, 0) is 19.8 Å². The van der Waals surface area contributed by atoms with Crippen LogP contribution in [-0.4, -0.2) is 37.7 Å². The first-order valence-corrected chi connectivity index (χ1v) is 6.12. The van der Waals surface area contributed by atoms with E-state index in [9.17, 15) is 9.59 Å². The average Bonchev–Trinajstić information content (AvgIpc) is 2.30. The Bertz CT molecular complexity index is 272. The highest BCUT2D eigenvalue weighted by molar-refractivity contribution is 5.88. The second-order valence-electron chi connectivity index (χ2n) is 4.34. The number of hydrogen-bond acceptors (Lipinski definition) is 4. The van der Waals surface area contributed by atoms with Crippen molar-refractivity contribution < 1.29 is 19.1 Å². The molecular formula is C12H21NO4. The van der Waals surface area contributed by atoms with E-state index in [2.05, 4.69) is 5.32 Å². The molecule has 0 radical (unpaired) electrons. The quantitative estimate of drug-likeness (QED) is 0.732. The molecule has 0 saturated heterocycles. The molecule has 5 nitrogen and oxygen atoms in total. The van der Waals surface area contributed by atoms with E-state index in [0.29, 0.717) is 19.4 Å². The lowest BCUT2D eigenvalue weighted by Gasteiger charge is -2.35. The summed E-state index contributed by atoms with van der Waals surface area (Å²) in [6.07, 6.45) is 4.28. The topological polar surface area (TPSA) is 64.6 Å². The fourth-order valence-corrected chi connectivity index (χ4v) is 2.24. The maximum Gasteiger partial charge on any atom is 0.331 e. The van der Waals surface area contributed by atoms with Crippen LogP contribution in [0.25, 0.3) is 0 Å². The van der Waals surface area contributed by atoms with Crippen LogP contribution >= 0.6 is 0 Å². The predicted octanol–water partition coefficient (Wildman–Crippen LogP) is 1.01. The normalized spacial score (nSPS) is 18.5. The lowest BCUT2D eigenvalue weighted by molar-refractivity contribution is -0.155. The van der Waals surface area contributed by atoms with Crippen molar-refractivity contribution in [1.29, 1.82) is 0 Å². The van der Waals surface area contributed by atoms with Crippen molar-refractivity contribution in [3.05, 3.63) is 0 Å². The van der Waals surface area contributed by atoms with Gasteiger partial charge < -0.3 is 14.8 Å². The fourth-order valence-electron chi connectivity index (χ4n) is 2.24. The first-order chi connectivity index (χ1) is 8.14. The Hall–Kier alpha value is -1.10. The summed E-state index contributed by atoms with van der Waals surface area (Å²) in [6.45, 7) is 2.08. The summed E-state index contributed by atoms with van der Waals surface area (Å²) < 4.78 is 9.83. The van der Waals surface area contributed by atoms with Gasteiger partial charge in [0.05, 0.1) is 6.61 Å². The molecule has 1 rings (SSSR count). The van der Waals surface area contributed by atoms with Gasteiger partial charge in [-0.3, -0.25) is 4.79 Å². The van der Waals surface area contributed by atoms with Gasteiger partial charge in [0, 0.05) is 7.11 Å². The van der Waals surface area contributed by atoms with Gasteiger partial charge in [0.2, 0.25) is 5.91 Å². The molecule has 0 bridgehead atoms. The molecule has 0 spiro atoms. The zero-order chi connectivity index (χ0) is 12.7. The van der Waals surface area contributed by atoms with Crippen LogP contribution in [0.15, 0.2) is 0 Å². The lowest BCUT2D eigenvalue weighted by atomic mass is 9.81. The van der Waals surface area contributed by atoms with Crippen molar-refractivity contribution in [2.24, 2.45) is 0 Å². The number of amides is 1. The lowest BCUT2D eigenvalue weighted by Crippen LogP contribution is -2.57. The van der Waals surface area contributed by atoms with Crippen molar-refractivity contribution in [1.82, 2.24) is 5.32 Å². The second-order valence-corrected chi connectivity index (χ2v) is 4.34. The monoisotopic (exact) mass is 243 g/mol. The number of ether oxygens (including phenoxy) is 2. The van der Waals surface area contributed by atoms with Gasteiger partial charge in [-0.2, -0.15) is 0 Å². The largest absolute Gasteiger partial charge is 0.464 e. The molecule has 1 N–H and O–H groups in total. The third-order valence-electron chi connectivity index (χ3n) is 3.03. The number of carbonyl (C=O) groups is 2. The number of methoxy groups -OCH3 is 1. The Morgan fingerprint density at radius 3 is 2.41 bits per heavy atom. The van der Waals surface area contributed by atoms with Gasteiger partial charge in [-0.1, -0.05) is 19.3 Å². The number of hydrogen-bond donors (Lipinski definition) is 1. The van der Waals surface area contributed by atoms with Gasteiger partial charge in [-0.25, -0.2) is 4.79 Å². The highest BCUT2D eigenvalue weighted by Gasteiger charge is 2.42.